The number of aliphatic hydroxyl groups excluding tert-OH is 1. The van der Waals surface area contributed by atoms with Crippen molar-refractivity contribution in [2.45, 2.75) is 6.54 Å². The van der Waals surface area contributed by atoms with E-state index in [0.717, 1.165) is 0 Å². The van der Waals surface area contributed by atoms with E-state index in [4.69, 9.17) is 9.66 Å². The fraction of sp³-hybridized carbons (Fsp3) is 0.444. The molecule has 0 aromatic carbocycles. The molecule has 0 saturated heterocycles. The van der Waals surface area contributed by atoms with Gasteiger partial charge in [0.05, 0.1) is 12.2 Å². The first-order valence-corrected chi connectivity index (χ1v) is 6.73. The van der Waals surface area contributed by atoms with Crippen LogP contribution in [-0.4, -0.2) is 48.0 Å². The third-order valence-corrected chi connectivity index (χ3v) is 2.71. The van der Waals surface area contributed by atoms with E-state index in [9.17, 15) is 13.2 Å². The van der Waals surface area contributed by atoms with Crippen molar-refractivity contribution in [2.24, 2.45) is 0 Å². The summed E-state index contributed by atoms with van der Waals surface area (Å²) in [5.74, 6) is -0.820. The second-order valence-electron chi connectivity index (χ2n) is 3.44. The fourth-order valence-electron chi connectivity index (χ4n) is 1.13. The fourth-order valence-corrected chi connectivity index (χ4v) is 1.55. The predicted molar refractivity (Wildman–Crippen MR) is 60.3 cm³/mol. The number of aliphatic hydroxyl groups is 1. The average molecular weight is 276 g/mol. The number of aryl methyl sites for hydroxylation is 1. The second-order valence-corrected chi connectivity index (χ2v) is 5.02. The molecule has 0 aliphatic heterocycles. The van der Waals surface area contributed by atoms with Crippen LogP contribution in [0.2, 0.25) is 0 Å². The maximum atomic E-state index is 11.4. The summed E-state index contributed by atoms with van der Waals surface area (Å²) in [7, 11) is -4.03. The molecule has 1 amide bonds. The Balaban J connectivity index is 2.60. The molecule has 1 heterocycles. The molecule has 0 aliphatic carbocycles. The highest BCUT2D eigenvalue weighted by molar-refractivity contribution is 7.85. The first-order chi connectivity index (χ1) is 8.42. The molecule has 0 unspecified atom stereocenters. The minimum Gasteiger partial charge on any atom is -0.395 e. The summed E-state index contributed by atoms with van der Waals surface area (Å²) in [4.78, 5) is 11.4. The molecule has 3 N–H and O–H groups in total. The van der Waals surface area contributed by atoms with Crippen LogP contribution in [0, 0.1) is 0 Å². The van der Waals surface area contributed by atoms with E-state index in [1.807, 2.05) is 0 Å². The quantitative estimate of drug-likeness (QED) is 0.407. The third-order valence-electron chi connectivity index (χ3n) is 2.01. The van der Waals surface area contributed by atoms with Gasteiger partial charge in [-0.1, -0.05) is 4.68 Å². The van der Waals surface area contributed by atoms with Gasteiger partial charge in [0.2, 0.25) is 0 Å². The van der Waals surface area contributed by atoms with Crippen molar-refractivity contribution in [1.29, 1.82) is 0 Å². The maximum Gasteiger partial charge on any atom is 0.271 e. The monoisotopic (exact) mass is 276 g/mol. The molecule has 0 atom stereocenters. The zero-order chi connectivity index (χ0) is 13.6. The Labute approximate surface area is 104 Å². The molecule has 18 heavy (non-hydrogen) atoms. The van der Waals surface area contributed by atoms with Gasteiger partial charge in [-0.2, -0.15) is 8.42 Å². The lowest BCUT2D eigenvalue weighted by molar-refractivity contribution is -0.750. The molecular formula is C9H14N3O5S+. The van der Waals surface area contributed by atoms with E-state index >= 15 is 0 Å². The molecule has 100 valence electrons. The Hall–Kier alpha value is -1.58. The highest BCUT2D eigenvalue weighted by atomic mass is 32.2. The highest BCUT2D eigenvalue weighted by Gasteiger charge is 2.12. The Bertz CT molecular complexity index is 499. The number of nitrogens with one attached hydrogen (secondary N) is 1. The molecular weight excluding hydrogens is 262 g/mol. The van der Waals surface area contributed by atoms with Gasteiger partial charge in [0.25, 0.3) is 16.0 Å². The zero-order valence-electron chi connectivity index (χ0n) is 9.48. The smallest absolute Gasteiger partial charge is 0.271 e. The Morgan fingerprint density at radius 1 is 1.50 bits per heavy atom. The molecule has 1 aromatic rings. The third kappa shape index (κ3) is 5.17. The Morgan fingerprint density at radius 3 is 2.72 bits per heavy atom. The number of amides is 1. The summed E-state index contributed by atoms with van der Waals surface area (Å²) in [5, 5.41) is 14.8. The Morgan fingerprint density at radius 2 is 2.22 bits per heavy atom. The molecule has 0 spiro atoms. The number of nitrogens with zero attached hydrogens (tertiary/aromatic N) is 2. The zero-order valence-corrected chi connectivity index (χ0v) is 10.3. The molecule has 0 aliphatic rings. The molecule has 0 bridgehead atoms. The predicted octanol–water partition coefficient (Wildman–Crippen LogP) is -2.02. The van der Waals surface area contributed by atoms with Crippen molar-refractivity contribution >= 4 is 16.0 Å². The van der Waals surface area contributed by atoms with Gasteiger partial charge >= 0.3 is 0 Å². The summed E-state index contributed by atoms with van der Waals surface area (Å²) in [5.41, 5.74) is 0.298. The number of hydrogen-bond donors (Lipinski definition) is 3. The van der Waals surface area contributed by atoms with E-state index in [1.165, 1.54) is 23.1 Å². The molecule has 1 rings (SSSR count). The number of rotatable bonds is 6. The second kappa shape index (κ2) is 6.38. The van der Waals surface area contributed by atoms with Crippen LogP contribution in [0.25, 0.3) is 0 Å². The highest BCUT2D eigenvalue weighted by Crippen LogP contribution is 1.92. The van der Waals surface area contributed by atoms with Crippen LogP contribution in [0.5, 0.6) is 0 Å². The van der Waals surface area contributed by atoms with Crippen molar-refractivity contribution in [2.75, 3.05) is 18.9 Å². The topological polar surface area (TPSA) is 120 Å². The van der Waals surface area contributed by atoms with Crippen LogP contribution < -0.4 is 10.00 Å². The van der Waals surface area contributed by atoms with E-state index in [1.54, 1.807) is 0 Å². The number of carbonyl (C=O) groups is 1. The van der Waals surface area contributed by atoms with E-state index < -0.39 is 15.9 Å². The van der Waals surface area contributed by atoms with Crippen molar-refractivity contribution in [3.63, 3.8) is 0 Å². The van der Waals surface area contributed by atoms with Crippen molar-refractivity contribution in [3.05, 3.63) is 24.0 Å². The normalized spacial score (nSPS) is 11.2. The molecule has 8 nitrogen and oxygen atoms in total. The lowest BCUT2D eigenvalue weighted by Gasteiger charge is -2.01. The van der Waals surface area contributed by atoms with Crippen LogP contribution in [0.1, 0.15) is 10.4 Å². The summed E-state index contributed by atoms with van der Waals surface area (Å²) in [6.07, 6.45) is 2.70. The van der Waals surface area contributed by atoms with Gasteiger partial charge in [-0.15, -0.1) is 0 Å². The average Bonchev–Trinajstić information content (AvgIpc) is 2.33. The van der Waals surface area contributed by atoms with Crippen LogP contribution in [0.4, 0.5) is 0 Å². The standard InChI is InChI=1S/C9H13N3O5S/c13-5-2-10-9(14)8-1-3-12(11-7-8)4-6-18(15,16)17/h1,3,7,13H,2,4-6H2,(H-,10,14,15,16,17)/p+1. The summed E-state index contributed by atoms with van der Waals surface area (Å²) < 4.78 is 30.9. The van der Waals surface area contributed by atoms with Gasteiger partial charge in [-0.3, -0.25) is 9.35 Å². The van der Waals surface area contributed by atoms with E-state index in [0.29, 0.717) is 5.56 Å². The van der Waals surface area contributed by atoms with Crippen molar-refractivity contribution < 1.29 is 27.6 Å². The first kappa shape index (κ1) is 14.5. The van der Waals surface area contributed by atoms with Gasteiger partial charge in [-0.05, 0) is 5.10 Å². The molecule has 0 saturated carbocycles. The van der Waals surface area contributed by atoms with Gasteiger partial charge in [-0.25, -0.2) is 0 Å². The van der Waals surface area contributed by atoms with Crippen LogP contribution >= 0.6 is 0 Å². The molecule has 9 heteroatoms. The molecule has 0 fully saturated rings. The largest absolute Gasteiger partial charge is 0.395 e. The van der Waals surface area contributed by atoms with Crippen LogP contribution in [0.15, 0.2) is 18.5 Å². The summed E-state index contributed by atoms with van der Waals surface area (Å²) >= 11 is 0. The van der Waals surface area contributed by atoms with E-state index in [2.05, 4.69) is 10.4 Å². The number of aromatic nitrogens is 2. The van der Waals surface area contributed by atoms with Crippen molar-refractivity contribution in [1.82, 2.24) is 10.4 Å². The summed E-state index contributed by atoms with van der Waals surface area (Å²) in [6.45, 7) is -0.00574. The Kier molecular flexibility index (Phi) is 5.13. The summed E-state index contributed by atoms with van der Waals surface area (Å²) in [6, 6.07) is 1.46. The lowest BCUT2D eigenvalue weighted by atomic mass is 10.3. The van der Waals surface area contributed by atoms with Crippen LogP contribution in [0.3, 0.4) is 0 Å². The number of carbonyl (C=O) groups excluding carboxylic acids is 1. The minimum atomic E-state index is -4.03. The first-order valence-electron chi connectivity index (χ1n) is 5.12. The van der Waals surface area contributed by atoms with E-state index in [-0.39, 0.29) is 25.6 Å². The molecule has 0 radical (unpaired) electrons. The van der Waals surface area contributed by atoms with Gasteiger partial charge < -0.3 is 10.4 Å². The SMILES string of the molecule is O=C(NCCO)c1cc[n+](CCS(=O)(=O)O)nc1. The van der Waals surface area contributed by atoms with Gasteiger partial charge in [0.1, 0.15) is 11.9 Å². The minimum absolute atomic E-state index is 0.00261. The van der Waals surface area contributed by atoms with Crippen LogP contribution in [-0.2, 0) is 16.7 Å². The maximum absolute atomic E-state index is 11.4. The van der Waals surface area contributed by atoms with Gasteiger partial charge in [0.15, 0.2) is 12.7 Å². The molecule has 1 aromatic heterocycles. The number of hydrogen-bond acceptors (Lipinski definition) is 5. The van der Waals surface area contributed by atoms with Gasteiger partial charge in [0, 0.05) is 12.6 Å². The van der Waals surface area contributed by atoms with Crippen molar-refractivity contribution in [3.8, 4) is 0 Å². The lowest BCUT2D eigenvalue weighted by Crippen LogP contribution is -2.41.